The Bertz CT molecular complexity index is 317. The first-order chi connectivity index (χ1) is 7.74. The summed E-state index contributed by atoms with van der Waals surface area (Å²) in [4.78, 5) is 2.12. The third kappa shape index (κ3) is 2.99. The molecule has 0 radical (unpaired) electrons. The largest absolute Gasteiger partial charge is 0.487 e. The van der Waals surface area contributed by atoms with Crippen LogP contribution in [0.2, 0.25) is 0 Å². The van der Waals surface area contributed by atoms with Crippen LogP contribution in [0.3, 0.4) is 0 Å². The van der Waals surface area contributed by atoms with E-state index in [9.17, 15) is 0 Å². The zero-order valence-electron chi connectivity index (χ0n) is 9.77. The van der Waals surface area contributed by atoms with E-state index >= 15 is 0 Å². The molecule has 0 saturated carbocycles. The predicted octanol–water partition coefficient (Wildman–Crippen LogP) is 1.33. The highest BCUT2D eigenvalue weighted by atomic mass is 32.1. The standard InChI is InChI=1S/C10H19N3O2S/c1-3-13(6-5-7-14)10-8(15-4-2)9(11)12-16-10/h14H,3-7H2,1-2H3,(H2,11,12). The van der Waals surface area contributed by atoms with E-state index in [-0.39, 0.29) is 6.61 Å². The van der Waals surface area contributed by atoms with Crippen molar-refractivity contribution in [2.24, 2.45) is 0 Å². The van der Waals surface area contributed by atoms with E-state index in [0.717, 1.165) is 24.5 Å². The fourth-order valence-corrected chi connectivity index (χ4v) is 2.28. The molecule has 16 heavy (non-hydrogen) atoms. The Hall–Kier alpha value is -1.01. The molecule has 0 saturated heterocycles. The van der Waals surface area contributed by atoms with Crippen molar-refractivity contribution >= 4 is 22.4 Å². The van der Waals surface area contributed by atoms with Crippen LogP contribution in [0.5, 0.6) is 5.75 Å². The smallest absolute Gasteiger partial charge is 0.197 e. The van der Waals surface area contributed by atoms with Crippen LogP contribution in [0, 0.1) is 0 Å². The molecular weight excluding hydrogens is 226 g/mol. The second-order valence-electron chi connectivity index (χ2n) is 3.29. The van der Waals surface area contributed by atoms with Crippen LogP contribution in [0.4, 0.5) is 10.8 Å². The second-order valence-corrected chi connectivity index (χ2v) is 4.04. The molecule has 0 atom stereocenters. The van der Waals surface area contributed by atoms with E-state index in [4.69, 9.17) is 15.6 Å². The van der Waals surface area contributed by atoms with Crippen LogP contribution in [-0.4, -0.2) is 35.8 Å². The van der Waals surface area contributed by atoms with Gasteiger partial charge in [0.05, 0.1) is 6.61 Å². The van der Waals surface area contributed by atoms with Gasteiger partial charge < -0.3 is 20.5 Å². The molecular formula is C10H19N3O2S. The summed E-state index contributed by atoms with van der Waals surface area (Å²) in [7, 11) is 0. The van der Waals surface area contributed by atoms with Crippen LogP contribution in [0.25, 0.3) is 0 Å². The number of aliphatic hydroxyl groups excluding tert-OH is 1. The first kappa shape index (κ1) is 13.1. The van der Waals surface area contributed by atoms with Gasteiger partial charge in [-0.25, -0.2) is 0 Å². The molecule has 0 spiro atoms. The zero-order chi connectivity index (χ0) is 12.0. The molecule has 5 nitrogen and oxygen atoms in total. The first-order valence-corrected chi connectivity index (χ1v) is 6.25. The SMILES string of the molecule is CCOc1c(N)nsc1N(CC)CCCO. The Morgan fingerprint density at radius 3 is 2.81 bits per heavy atom. The number of aliphatic hydroxyl groups is 1. The van der Waals surface area contributed by atoms with Gasteiger partial charge >= 0.3 is 0 Å². The Kier molecular flexibility index (Phi) is 5.34. The fourth-order valence-electron chi connectivity index (χ4n) is 1.43. The van der Waals surface area contributed by atoms with Crippen molar-refractivity contribution < 1.29 is 9.84 Å². The van der Waals surface area contributed by atoms with Crippen molar-refractivity contribution in [2.45, 2.75) is 20.3 Å². The first-order valence-electron chi connectivity index (χ1n) is 5.48. The molecule has 1 aromatic rings. The number of rotatable bonds is 7. The number of nitrogens with zero attached hydrogens (tertiary/aromatic N) is 2. The lowest BCUT2D eigenvalue weighted by atomic mass is 10.4. The molecule has 92 valence electrons. The van der Waals surface area contributed by atoms with E-state index in [1.165, 1.54) is 11.5 Å². The highest BCUT2D eigenvalue weighted by Gasteiger charge is 2.17. The number of ether oxygens (including phenoxy) is 1. The van der Waals surface area contributed by atoms with Gasteiger partial charge in [-0.15, -0.1) is 0 Å². The molecule has 3 N–H and O–H groups in total. The van der Waals surface area contributed by atoms with Crippen LogP contribution < -0.4 is 15.4 Å². The Labute approximate surface area is 100.0 Å². The van der Waals surface area contributed by atoms with Crippen molar-refractivity contribution in [3.05, 3.63) is 0 Å². The second kappa shape index (κ2) is 6.55. The molecule has 6 heteroatoms. The quantitative estimate of drug-likeness (QED) is 0.758. The van der Waals surface area contributed by atoms with Crippen molar-refractivity contribution in [1.29, 1.82) is 0 Å². The van der Waals surface area contributed by atoms with Gasteiger partial charge in [0, 0.05) is 19.7 Å². The Balaban J connectivity index is 2.82. The van der Waals surface area contributed by atoms with Crippen molar-refractivity contribution in [1.82, 2.24) is 4.37 Å². The Morgan fingerprint density at radius 2 is 2.25 bits per heavy atom. The highest BCUT2D eigenvalue weighted by molar-refractivity contribution is 7.11. The van der Waals surface area contributed by atoms with E-state index in [2.05, 4.69) is 16.2 Å². The zero-order valence-corrected chi connectivity index (χ0v) is 10.6. The molecule has 0 fully saturated rings. The van der Waals surface area contributed by atoms with Crippen LogP contribution in [0.15, 0.2) is 0 Å². The number of nitrogens with two attached hydrogens (primary N) is 1. The maximum atomic E-state index is 8.84. The molecule has 0 aliphatic carbocycles. The average Bonchev–Trinajstić information content (AvgIpc) is 2.63. The molecule has 0 aliphatic rings. The summed E-state index contributed by atoms with van der Waals surface area (Å²) in [6, 6.07) is 0. The van der Waals surface area contributed by atoms with Gasteiger partial charge in [0.25, 0.3) is 0 Å². The van der Waals surface area contributed by atoms with Crippen LogP contribution in [0.1, 0.15) is 20.3 Å². The van der Waals surface area contributed by atoms with Crippen LogP contribution in [-0.2, 0) is 0 Å². The third-order valence-corrected chi connectivity index (χ3v) is 3.11. The van der Waals surface area contributed by atoms with Crippen LogP contribution >= 0.6 is 11.5 Å². The summed E-state index contributed by atoms with van der Waals surface area (Å²) in [5, 5.41) is 9.79. The minimum Gasteiger partial charge on any atom is -0.487 e. The monoisotopic (exact) mass is 245 g/mol. The van der Waals surface area contributed by atoms with E-state index in [1.54, 1.807) is 0 Å². The summed E-state index contributed by atoms with van der Waals surface area (Å²) < 4.78 is 9.59. The number of aromatic nitrogens is 1. The summed E-state index contributed by atoms with van der Waals surface area (Å²) >= 11 is 1.34. The lowest BCUT2D eigenvalue weighted by Crippen LogP contribution is -2.24. The average molecular weight is 245 g/mol. The predicted molar refractivity (Wildman–Crippen MR) is 67.3 cm³/mol. The molecule has 1 heterocycles. The minimum atomic E-state index is 0.189. The molecule has 0 amide bonds. The van der Waals surface area contributed by atoms with Crippen molar-refractivity contribution in [3.8, 4) is 5.75 Å². The molecule has 1 aromatic heterocycles. The molecule has 0 aromatic carbocycles. The van der Waals surface area contributed by atoms with Gasteiger partial charge in [-0.2, -0.15) is 4.37 Å². The van der Waals surface area contributed by atoms with E-state index in [1.807, 2.05) is 6.92 Å². The van der Waals surface area contributed by atoms with Gasteiger partial charge in [-0.3, -0.25) is 0 Å². The summed E-state index contributed by atoms with van der Waals surface area (Å²) in [6.07, 6.45) is 0.733. The number of hydrogen-bond donors (Lipinski definition) is 2. The normalized spacial score (nSPS) is 10.4. The molecule has 0 unspecified atom stereocenters. The van der Waals surface area contributed by atoms with E-state index in [0.29, 0.717) is 18.2 Å². The van der Waals surface area contributed by atoms with Gasteiger partial charge in [-0.1, -0.05) is 0 Å². The molecule has 1 rings (SSSR count). The van der Waals surface area contributed by atoms with Gasteiger partial charge in [-0.05, 0) is 31.8 Å². The van der Waals surface area contributed by atoms with E-state index < -0.39 is 0 Å². The lowest BCUT2D eigenvalue weighted by molar-refractivity contribution is 0.289. The number of nitrogen functional groups attached to an aromatic ring is 1. The van der Waals surface area contributed by atoms with Gasteiger partial charge in [0.15, 0.2) is 16.6 Å². The fraction of sp³-hybridized carbons (Fsp3) is 0.700. The topological polar surface area (TPSA) is 71.6 Å². The summed E-state index contributed by atoms with van der Waals surface area (Å²) in [6.45, 7) is 6.38. The van der Waals surface area contributed by atoms with Crippen molar-refractivity contribution in [2.75, 3.05) is 36.9 Å². The maximum Gasteiger partial charge on any atom is 0.197 e. The Morgan fingerprint density at radius 1 is 1.50 bits per heavy atom. The number of hydrogen-bond acceptors (Lipinski definition) is 6. The maximum absolute atomic E-state index is 8.84. The van der Waals surface area contributed by atoms with Gasteiger partial charge in [0.1, 0.15) is 0 Å². The highest BCUT2D eigenvalue weighted by Crippen LogP contribution is 2.38. The summed E-state index contributed by atoms with van der Waals surface area (Å²) in [5.41, 5.74) is 5.75. The van der Waals surface area contributed by atoms with Gasteiger partial charge in [0.2, 0.25) is 0 Å². The van der Waals surface area contributed by atoms with Crippen molar-refractivity contribution in [3.63, 3.8) is 0 Å². The number of anilines is 2. The summed E-state index contributed by atoms with van der Waals surface area (Å²) in [5.74, 6) is 1.12. The molecule has 0 bridgehead atoms. The lowest BCUT2D eigenvalue weighted by Gasteiger charge is -2.21. The molecule has 0 aliphatic heterocycles. The third-order valence-electron chi connectivity index (χ3n) is 2.20. The minimum absolute atomic E-state index is 0.189.